The molecule has 0 aromatic heterocycles. The highest BCUT2D eigenvalue weighted by molar-refractivity contribution is 8.00. The average molecular weight is 483 g/mol. The van der Waals surface area contributed by atoms with E-state index in [1.807, 2.05) is 38.1 Å². The van der Waals surface area contributed by atoms with Crippen LogP contribution in [0.2, 0.25) is 0 Å². The number of rotatable bonds is 8. The molecule has 0 bridgehead atoms. The molecular weight excluding hydrogens is 452 g/mol. The SMILES string of the molecule is CCC(CNC(=O)OCC1c2ccccc2-c2ccccc21)C(=O)N1C(CC)SCC1C(=O)O. The number of carboxylic acids is 1. The first kappa shape index (κ1) is 24.1. The van der Waals surface area contributed by atoms with Gasteiger partial charge in [0.05, 0.1) is 11.3 Å². The summed E-state index contributed by atoms with van der Waals surface area (Å²) < 4.78 is 5.57. The van der Waals surface area contributed by atoms with Gasteiger partial charge in [-0.1, -0.05) is 62.4 Å². The van der Waals surface area contributed by atoms with Crippen molar-refractivity contribution in [1.82, 2.24) is 10.2 Å². The molecule has 8 heteroatoms. The molecule has 2 N–H and O–H groups in total. The summed E-state index contributed by atoms with van der Waals surface area (Å²) >= 11 is 1.49. The molecule has 2 aromatic rings. The summed E-state index contributed by atoms with van der Waals surface area (Å²) in [4.78, 5) is 38.8. The van der Waals surface area contributed by atoms with Crippen LogP contribution in [-0.4, -0.2) is 58.3 Å². The van der Waals surface area contributed by atoms with Crippen LogP contribution in [0.1, 0.15) is 43.7 Å². The molecule has 4 rings (SSSR count). The van der Waals surface area contributed by atoms with Crippen LogP contribution in [0.3, 0.4) is 0 Å². The quantitative estimate of drug-likeness (QED) is 0.582. The van der Waals surface area contributed by atoms with Crippen molar-refractivity contribution in [3.63, 3.8) is 0 Å². The second-order valence-corrected chi connectivity index (χ2v) is 9.82. The number of carboxylic acid groups (broad SMARTS) is 1. The second-order valence-electron chi connectivity index (χ2n) is 8.61. The molecule has 3 atom stereocenters. The first-order valence-corrected chi connectivity index (χ1v) is 12.8. The largest absolute Gasteiger partial charge is 0.480 e. The molecule has 0 radical (unpaired) electrons. The molecule has 34 heavy (non-hydrogen) atoms. The number of aliphatic carboxylic acids is 1. The lowest BCUT2D eigenvalue weighted by Gasteiger charge is -2.30. The summed E-state index contributed by atoms with van der Waals surface area (Å²) in [5.41, 5.74) is 4.58. The summed E-state index contributed by atoms with van der Waals surface area (Å²) in [5.74, 6) is -1.38. The molecule has 1 fully saturated rings. The number of hydrogen-bond donors (Lipinski definition) is 2. The van der Waals surface area contributed by atoms with E-state index in [1.54, 1.807) is 0 Å². The molecule has 2 aromatic carbocycles. The van der Waals surface area contributed by atoms with Gasteiger partial charge in [-0.3, -0.25) is 4.79 Å². The third kappa shape index (κ3) is 4.64. The Hall–Kier alpha value is -3.00. The van der Waals surface area contributed by atoms with Crippen molar-refractivity contribution in [2.75, 3.05) is 18.9 Å². The molecule has 7 nitrogen and oxygen atoms in total. The first-order chi connectivity index (χ1) is 16.5. The van der Waals surface area contributed by atoms with E-state index in [0.717, 1.165) is 22.3 Å². The summed E-state index contributed by atoms with van der Waals surface area (Å²) in [5, 5.41) is 12.1. The van der Waals surface area contributed by atoms with E-state index in [0.29, 0.717) is 18.6 Å². The van der Waals surface area contributed by atoms with Crippen molar-refractivity contribution in [2.45, 2.75) is 44.0 Å². The van der Waals surface area contributed by atoms with Crippen LogP contribution in [0.25, 0.3) is 11.1 Å². The second kappa shape index (κ2) is 10.5. The third-order valence-electron chi connectivity index (χ3n) is 6.66. The van der Waals surface area contributed by atoms with Crippen LogP contribution in [0.15, 0.2) is 48.5 Å². The maximum absolute atomic E-state index is 13.2. The standard InChI is InChI=1S/C26H30N2O5S/c1-3-16(24(29)28-22(25(30)31)15-34-23(28)4-2)13-27-26(32)33-14-21-19-11-7-5-9-17(19)18-10-6-8-12-20(18)21/h5-12,16,21-23H,3-4,13-15H2,1-2H3,(H,27,32)(H,30,31). The van der Waals surface area contributed by atoms with Gasteiger partial charge in [-0.05, 0) is 35.1 Å². The molecule has 1 saturated heterocycles. The summed E-state index contributed by atoms with van der Waals surface area (Å²) in [6.07, 6.45) is 0.591. The number of ether oxygens (including phenoxy) is 1. The van der Waals surface area contributed by atoms with Gasteiger partial charge in [0.25, 0.3) is 0 Å². The normalized spacial score (nSPS) is 19.9. The van der Waals surface area contributed by atoms with E-state index >= 15 is 0 Å². The fourth-order valence-corrected chi connectivity index (χ4v) is 6.19. The Bertz CT molecular complexity index is 1030. The van der Waals surface area contributed by atoms with Crippen LogP contribution >= 0.6 is 11.8 Å². The van der Waals surface area contributed by atoms with Gasteiger partial charge in [-0.25, -0.2) is 9.59 Å². The molecule has 1 aliphatic carbocycles. The molecular formula is C26H30N2O5S. The summed E-state index contributed by atoms with van der Waals surface area (Å²) in [6, 6.07) is 15.4. The highest BCUT2D eigenvalue weighted by atomic mass is 32.2. The zero-order chi connectivity index (χ0) is 24.2. The lowest BCUT2D eigenvalue weighted by atomic mass is 9.98. The molecule has 2 amide bonds. The predicted molar refractivity (Wildman–Crippen MR) is 132 cm³/mol. The zero-order valence-electron chi connectivity index (χ0n) is 19.4. The topological polar surface area (TPSA) is 95.9 Å². The van der Waals surface area contributed by atoms with Gasteiger partial charge in [0.15, 0.2) is 0 Å². The fourth-order valence-electron chi connectivity index (χ4n) is 4.84. The van der Waals surface area contributed by atoms with Crippen molar-refractivity contribution < 1.29 is 24.2 Å². The van der Waals surface area contributed by atoms with Gasteiger partial charge < -0.3 is 20.1 Å². The molecule has 0 saturated carbocycles. The van der Waals surface area contributed by atoms with Gasteiger partial charge in [0.1, 0.15) is 12.6 Å². The van der Waals surface area contributed by atoms with E-state index in [-0.39, 0.29) is 30.4 Å². The van der Waals surface area contributed by atoms with Gasteiger partial charge in [-0.15, -0.1) is 11.8 Å². The average Bonchev–Trinajstić information content (AvgIpc) is 3.42. The van der Waals surface area contributed by atoms with Crippen LogP contribution in [-0.2, 0) is 14.3 Å². The summed E-state index contributed by atoms with van der Waals surface area (Å²) in [7, 11) is 0. The molecule has 0 spiro atoms. The van der Waals surface area contributed by atoms with Gasteiger partial charge in [0.2, 0.25) is 5.91 Å². The fraction of sp³-hybridized carbons (Fsp3) is 0.423. The third-order valence-corrected chi connectivity index (χ3v) is 8.11. The zero-order valence-corrected chi connectivity index (χ0v) is 20.2. The maximum atomic E-state index is 13.2. The van der Waals surface area contributed by atoms with E-state index in [2.05, 4.69) is 29.6 Å². The number of nitrogens with one attached hydrogen (secondary N) is 1. The van der Waals surface area contributed by atoms with E-state index in [9.17, 15) is 19.5 Å². The Labute approximate surface area is 203 Å². The van der Waals surface area contributed by atoms with Crippen molar-refractivity contribution in [3.8, 4) is 11.1 Å². The maximum Gasteiger partial charge on any atom is 0.407 e. The minimum absolute atomic E-state index is 0.0370. The monoisotopic (exact) mass is 482 g/mol. The number of hydrogen-bond acceptors (Lipinski definition) is 5. The van der Waals surface area contributed by atoms with E-state index in [4.69, 9.17) is 4.74 Å². The predicted octanol–water partition coefficient (Wildman–Crippen LogP) is 4.32. The van der Waals surface area contributed by atoms with Crippen LogP contribution in [0, 0.1) is 5.92 Å². The van der Waals surface area contributed by atoms with Crippen molar-refractivity contribution >= 4 is 29.7 Å². The number of nitrogens with zero attached hydrogens (tertiary/aromatic N) is 1. The van der Waals surface area contributed by atoms with E-state index in [1.165, 1.54) is 16.7 Å². The molecule has 1 aliphatic heterocycles. The number of carbonyl (C=O) groups excluding carboxylic acids is 2. The number of carbonyl (C=O) groups is 3. The van der Waals surface area contributed by atoms with Gasteiger partial charge in [0, 0.05) is 18.2 Å². The smallest absolute Gasteiger partial charge is 0.407 e. The van der Waals surface area contributed by atoms with Crippen molar-refractivity contribution in [1.29, 1.82) is 0 Å². The molecule has 3 unspecified atom stereocenters. The Morgan fingerprint density at radius 3 is 2.26 bits per heavy atom. The Morgan fingerprint density at radius 1 is 1.09 bits per heavy atom. The van der Waals surface area contributed by atoms with Crippen molar-refractivity contribution in [3.05, 3.63) is 59.7 Å². The minimum Gasteiger partial charge on any atom is -0.480 e. The number of amides is 2. The van der Waals surface area contributed by atoms with Crippen molar-refractivity contribution in [2.24, 2.45) is 5.92 Å². The first-order valence-electron chi connectivity index (χ1n) is 11.7. The van der Waals surface area contributed by atoms with Crippen LogP contribution in [0.5, 0.6) is 0 Å². The number of thioether (sulfide) groups is 1. The van der Waals surface area contributed by atoms with Gasteiger partial charge in [-0.2, -0.15) is 0 Å². The number of fused-ring (bicyclic) bond motifs is 3. The Balaban J connectivity index is 1.36. The molecule has 1 heterocycles. The van der Waals surface area contributed by atoms with Crippen LogP contribution < -0.4 is 5.32 Å². The molecule has 180 valence electrons. The Morgan fingerprint density at radius 2 is 1.71 bits per heavy atom. The highest BCUT2D eigenvalue weighted by Crippen LogP contribution is 2.44. The Kier molecular flexibility index (Phi) is 7.46. The van der Waals surface area contributed by atoms with Crippen LogP contribution in [0.4, 0.5) is 4.79 Å². The van der Waals surface area contributed by atoms with E-state index < -0.39 is 24.0 Å². The lowest BCUT2D eigenvalue weighted by molar-refractivity contribution is -0.151. The lowest BCUT2D eigenvalue weighted by Crippen LogP contribution is -2.49. The minimum atomic E-state index is -0.990. The highest BCUT2D eigenvalue weighted by Gasteiger charge is 2.42. The number of benzene rings is 2. The number of alkyl carbamates (subject to hydrolysis) is 1. The summed E-state index contributed by atoms with van der Waals surface area (Å²) in [6.45, 7) is 4.11. The van der Waals surface area contributed by atoms with Gasteiger partial charge >= 0.3 is 12.1 Å². The molecule has 2 aliphatic rings.